The van der Waals surface area contributed by atoms with Crippen LogP contribution in [0.4, 0.5) is 9.18 Å². The maximum atomic E-state index is 13.6. The minimum Gasteiger partial charge on any atom is -0.463 e. The van der Waals surface area contributed by atoms with Crippen molar-refractivity contribution in [2.75, 3.05) is 39.8 Å². The van der Waals surface area contributed by atoms with Crippen LogP contribution in [-0.2, 0) is 9.53 Å². The van der Waals surface area contributed by atoms with Crippen LogP contribution in [0.3, 0.4) is 0 Å². The van der Waals surface area contributed by atoms with Crippen molar-refractivity contribution < 1.29 is 23.5 Å². The van der Waals surface area contributed by atoms with Crippen LogP contribution >= 0.6 is 11.6 Å². The number of hydrogen-bond donors (Lipinski definition) is 1. The number of urea groups is 1. The van der Waals surface area contributed by atoms with Crippen LogP contribution in [0.5, 0.6) is 0 Å². The highest BCUT2D eigenvalue weighted by atomic mass is 35.5. The molecule has 2 atom stereocenters. The first-order chi connectivity index (χ1) is 17.7. The van der Waals surface area contributed by atoms with Crippen molar-refractivity contribution in [1.29, 1.82) is 0 Å². The Morgan fingerprint density at radius 3 is 2.54 bits per heavy atom. The lowest BCUT2D eigenvalue weighted by molar-refractivity contribution is -0.139. The van der Waals surface area contributed by atoms with E-state index >= 15 is 0 Å². The summed E-state index contributed by atoms with van der Waals surface area (Å²) in [5.74, 6) is -1.18. The zero-order valence-corrected chi connectivity index (χ0v) is 21.8. The summed E-state index contributed by atoms with van der Waals surface area (Å²) in [4.78, 5) is 44.3. The van der Waals surface area contributed by atoms with Crippen molar-refractivity contribution in [3.8, 4) is 0 Å². The molecule has 2 heterocycles. The fourth-order valence-corrected chi connectivity index (χ4v) is 4.91. The molecule has 0 aromatic heterocycles. The minimum absolute atomic E-state index is 0.161. The molecule has 0 saturated carbocycles. The number of ether oxygens (including phenoxy) is 1. The molecule has 1 fully saturated rings. The Labute approximate surface area is 220 Å². The van der Waals surface area contributed by atoms with E-state index in [1.165, 1.54) is 23.1 Å². The second-order valence-electron chi connectivity index (χ2n) is 9.17. The van der Waals surface area contributed by atoms with Crippen molar-refractivity contribution in [3.05, 3.63) is 81.8 Å². The van der Waals surface area contributed by atoms with Crippen LogP contribution in [0, 0.1) is 5.82 Å². The second kappa shape index (κ2) is 11.3. The van der Waals surface area contributed by atoms with Gasteiger partial charge in [0.25, 0.3) is 5.91 Å². The Kier molecular flexibility index (Phi) is 8.14. The van der Waals surface area contributed by atoms with Gasteiger partial charge in [-0.2, -0.15) is 0 Å². The van der Waals surface area contributed by atoms with E-state index in [2.05, 4.69) is 10.2 Å². The summed E-state index contributed by atoms with van der Waals surface area (Å²) in [5.41, 5.74) is 1.92. The standard InChI is InChI=1S/C27H30ClFN4O4/c1-4-37-26(35)23-22(31(3)27(36)30-24(23)18-8-10-20(28)11-9-18)16-32-12-13-33(17(2)15-32)25(34)19-6-5-7-21(29)14-19/h5-11,14,17,24H,4,12-13,15-16H2,1-3H3,(H,30,36)/t17-,24-/m0/s1. The molecule has 0 bridgehead atoms. The summed E-state index contributed by atoms with van der Waals surface area (Å²) < 4.78 is 19.0. The monoisotopic (exact) mass is 528 g/mol. The van der Waals surface area contributed by atoms with Crippen molar-refractivity contribution in [2.45, 2.75) is 25.9 Å². The number of carbonyl (C=O) groups excluding carboxylic acids is 3. The number of nitrogens with zero attached hydrogens (tertiary/aromatic N) is 3. The van der Waals surface area contributed by atoms with Gasteiger partial charge >= 0.3 is 12.0 Å². The average Bonchev–Trinajstić information content (AvgIpc) is 2.87. The van der Waals surface area contributed by atoms with Crippen LogP contribution in [0.15, 0.2) is 59.8 Å². The molecular formula is C27H30ClFN4O4. The first kappa shape index (κ1) is 26.6. The second-order valence-corrected chi connectivity index (χ2v) is 9.60. The number of amides is 3. The molecule has 8 nitrogen and oxygen atoms in total. The van der Waals surface area contributed by atoms with E-state index in [4.69, 9.17) is 16.3 Å². The molecule has 10 heteroatoms. The quantitative estimate of drug-likeness (QED) is 0.576. The zero-order valence-electron chi connectivity index (χ0n) is 21.0. The summed E-state index contributed by atoms with van der Waals surface area (Å²) in [6, 6.07) is 11.4. The van der Waals surface area contributed by atoms with E-state index in [1.54, 1.807) is 49.2 Å². The Hall–Kier alpha value is -3.43. The first-order valence-electron chi connectivity index (χ1n) is 12.2. The summed E-state index contributed by atoms with van der Waals surface area (Å²) in [6.07, 6.45) is 0. The fourth-order valence-electron chi connectivity index (χ4n) is 4.78. The van der Waals surface area contributed by atoms with Gasteiger partial charge in [-0.3, -0.25) is 14.6 Å². The van der Waals surface area contributed by atoms with Gasteiger partial charge in [-0.1, -0.05) is 29.8 Å². The number of carbonyl (C=O) groups is 3. The van der Waals surface area contributed by atoms with E-state index in [9.17, 15) is 18.8 Å². The van der Waals surface area contributed by atoms with Gasteiger partial charge in [0.05, 0.1) is 18.2 Å². The van der Waals surface area contributed by atoms with Gasteiger partial charge in [-0.05, 0) is 49.7 Å². The molecule has 1 saturated heterocycles. The largest absolute Gasteiger partial charge is 0.463 e. The molecule has 2 aromatic rings. The molecule has 0 radical (unpaired) electrons. The van der Waals surface area contributed by atoms with Gasteiger partial charge in [0, 0.05) is 55.6 Å². The molecule has 2 aromatic carbocycles. The highest BCUT2D eigenvalue weighted by Gasteiger charge is 2.38. The van der Waals surface area contributed by atoms with Crippen LogP contribution in [0.25, 0.3) is 0 Å². The number of rotatable bonds is 6. The third kappa shape index (κ3) is 5.78. The fraction of sp³-hybridized carbons (Fsp3) is 0.370. The SMILES string of the molecule is CCOC(=O)C1=C(CN2CCN(C(=O)c3cccc(F)c3)[C@@H](C)C2)N(C)C(=O)N[C@H]1c1ccc(Cl)cc1. The molecule has 0 unspecified atom stereocenters. The highest BCUT2D eigenvalue weighted by molar-refractivity contribution is 6.30. The number of halogens is 2. The summed E-state index contributed by atoms with van der Waals surface area (Å²) in [6.45, 7) is 5.63. The van der Waals surface area contributed by atoms with Crippen LogP contribution in [-0.4, -0.2) is 78.5 Å². The van der Waals surface area contributed by atoms with Crippen molar-refractivity contribution in [3.63, 3.8) is 0 Å². The first-order valence-corrected chi connectivity index (χ1v) is 12.6. The summed E-state index contributed by atoms with van der Waals surface area (Å²) >= 11 is 6.05. The lowest BCUT2D eigenvalue weighted by Crippen LogP contribution is -2.56. The zero-order chi connectivity index (χ0) is 26.7. The Bertz CT molecular complexity index is 1220. The van der Waals surface area contributed by atoms with Crippen molar-refractivity contribution in [1.82, 2.24) is 20.0 Å². The lowest BCUT2D eigenvalue weighted by Gasteiger charge is -2.42. The van der Waals surface area contributed by atoms with Gasteiger partial charge in [-0.15, -0.1) is 0 Å². The highest BCUT2D eigenvalue weighted by Crippen LogP contribution is 2.32. The Morgan fingerprint density at radius 1 is 1.16 bits per heavy atom. The molecule has 0 aliphatic carbocycles. The topological polar surface area (TPSA) is 82.2 Å². The molecule has 37 heavy (non-hydrogen) atoms. The number of piperazine rings is 1. The molecule has 3 amide bonds. The van der Waals surface area contributed by atoms with Crippen LogP contribution in [0.1, 0.15) is 35.8 Å². The van der Waals surface area contributed by atoms with Gasteiger partial charge in [0.1, 0.15) is 5.82 Å². The maximum Gasteiger partial charge on any atom is 0.338 e. The van der Waals surface area contributed by atoms with Crippen molar-refractivity contribution in [2.24, 2.45) is 0 Å². The summed E-state index contributed by atoms with van der Waals surface area (Å²) in [7, 11) is 1.62. The molecule has 196 valence electrons. The van der Waals surface area contributed by atoms with E-state index in [0.717, 1.165) is 0 Å². The predicted octanol–water partition coefficient (Wildman–Crippen LogP) is 3.84. The van der Waals surface area contributed by atoms with Gasteiger partial charge in [-0.25, -0.2) is 14.0 Å². The number of esters is 1. The minimum atomic E-state index is -0.691. The molecule has 0 spiro atoms. The molecule has 2 aliphatic heterocycles. The smallest absolute Gasteiger partial charge is 0.338 e. The molecular weight excluding hydrogens is 499 g/mol. The average molecular weight is 529 g/mol. The Morgan fingerprint density at radius 2 is 1.89 bits per heavy atom. The third-order valence-electron chi connectivity index (χ3n) is 6.69. The Balaban J connectivity index is 1.59. The predicted molar refractivity (Wildman–Crippen MR) is 137 cm³/mol. The molecule has 1 N–H and O–H groups in total. The number of likely N-dealkylation sites (N-methyl/N-ethyl adjacent to an activating group) is 1. The van der Waals surface area contributed by atoms with E-state index in [0.29, 0.717) is 53.6 Å². The molecule has 2 aliphatic rings. The van der Waals surface area contributed by atoms with Crippen LogP contribution < -0.4 is 5.32 Å². The number of nitrogens with one attached hydrogen (secondary N) is 1. The summed E-state index contributed by atoms with van der Waals surface area (Å²) in [5, 5.41) is 3.44. The van der Waals surface area contributed by atoms with Crippen LogP contribution in [0.2, 0.25) is 5.02 Å². The maximum absolute atomic E-state index is 13.6. The normalized spacial score (nSPS) is 20.6. The third-order valence-corrected chi connectivity index (χ3v) is 6.94. The lowest BCUT2D eigenvalue weighted by atomic mass is 9.94. The van der Waals surface area contributed by atoms with Gasteiger partial charge in [0.2, 0.25) is 0 Å². The number of hydrogen-bond acceptors (Lipinski definition) is 5. The van der Waals surface area contributed by atoms with Gasteiger partial charge in [0.15, 0.2) is 0 Å². The number of benzene rings is 2. The van der Waals surface area contributed by atoms with E-state index < -0.39 is 17.8 Å². The molecule has 4 rings (SSSR count). The van der Waals surface area contributed by atoms with E-state index in [1.807, 2.05) is 6.92 Å². The van der Waals surface area contributed by atoms with Gasteiger partial charge < -0.3 is 15.0 Å². The van der Waals surface area contributed by atoms with E-state index in [-0.39, 0.29) is 24.6 Å². The van der Waals surface area contributed by atoms with Crippen molar-refractivity contribution >= 4 is 29.5 Å².